The summed E-state index contributed by atoms with van der Waals surface area (Å²) in [6.07, 6.45) is 73.0. The van der Waals surface area contributed by atoms with Gasteiger partial charge < -0.3 is 10.2 Å². The Bertz CT molecular complexity index is 811. The first-order valence-corrected chi connectivity index (χ1v) is 29.0. The lowest BCUT2D eigenvalue weighted by Crippen LogP contribution is -1.93. The number of hydrogen-bond acceptors (Lipinski definition) is 2. The van der Waals surface area contributed by atoms with E-state index in [-0.39, 0.29) is 0 Å². The predicted molar refractivity (Wildman–Crippen MR) is 276 cm³/mol. The quantitative estimate of drug-likeness (QED) is 0.0597. The average molecular weight is 878 g/mol. The lowest BCUT2D eigenvalue weighted by molar-refractivity contribution is -0.138. The summed E-state index contributed by atoms with van der Waals surface area (Å²) >= 11 is 0. The number of aliphatic carboxylic acids is 2. The summed E-state index contributed by atoms with van der Waals surface area (Å²) in [6, 6.07) is 0. The molecule has 0 amide bonds. The van der Waals surface area contributed by atoms with Gasteiger partial charge in [-0.15, -0.1) is 0 Å². The summed E-state index contributed by atoms with van der Waals surface area (Å²) in [7, 11) is 0. The summed E-state index contributed by atoms with van der Waals surface area (Å²) in [5.41, 5.74) is 0. The van der Waals surface area contributed by atoms with E-state index in [0.29, 0.717) is 12.8 Å². The number of unbranched alkanes of at least 4 members (excludes halogenated alkanes) is 50. The third-order valence-electron chi connectivity index (χ3n) is 13.5. The number of carboxylic acids is 2. The topological polar surface area (TPSA) is 74.6 Å². The monoisotopic (exact) mass is 877 g/mol. The number of carboxylic acid groups (broad SMARTS) is 2. The number of hydrogen-bond donors (Lipinski definition) is 2. The van der Waals surface area contributed by atoms with E-state index in [1.165, 1.54) is 308 Å². The van der Waals surface area contributed by atoms with Crippen molar-refractivity contribution in [3.05, 3.63) is 0 Å². The Morgan fingerprint density at radius 2 is 0.290 bits per heavy atom. The molecule has 372 valence electrons. The first kappa shape index (κ1) is 63.0. The zero-order chi connectivity index (χ0) is 45.3. The molecule has 0 aromatic heterocycles. The predicted octanol–water partition coefficient (Wildman–Crippen LogP) is 21.2. The first-order valence-electron chi connectivity index (χ1n) is 29.0. The summed E-state index contributed by atoms with van der Waals surface area (Å²) in [6.45, 7) is 4.59. The standard InChI is InChI=1S/C30H60O2.C28H56O2/c1-2-3-4-5-6-7-8-9-10-11-12-13-14-15-16-17-18-19-20-21-22-23-24-25-26-27-28-29-30(31)32;1-2-3-4-5-6-7-8-9-10-11-12-13-14-15-16-17-18-19-20-21-22-23-24-25-26-27-28(29)30/h2-29H2,1H3,(H,31,32);2-27H2,1H3,(H,29,30). The molecule has 0 atom stereocenters. The van der Waals surface area contributed by atoms with E-state index >= 15 is 0 Å². The molecule has 0 aliphatic heterocycles. The Balaban J connectivity index is 0. The van der Waals surface area contributed by atoms with E-state index in [2.05, 4.69) is 13.8 Å². The molecular weight excluding hydrogens is 761 g/mol. The van der Waals surface area contributed by atoms with Gasteiger partial charge in [0.1, 0.15) is 0 Å². The smallest absolute Gasteiger partial charge is 0.303 e. The van der Waals surface area contributed by atoms with E-state index in [4.69, 9.17) is 10.2 Å². The van der Waals surface area contributed by atoms with Crippen molar-refractivity contribution in [3.63, 3.8) is 0 Å². The minimum Gasteiger partial charge on any atom is -0.481 e. The van der Waals surface area contributed by atoms with Crippen molar-refractivity contribution in [2.24, 2.45) is 0 Å². The molecule has 0 saturated heterocycles. The van der Waals surface area contributed by atoms with Crippen molar-refractivity contribution >= 4 is 11.9 Å². The van der Waals surface area contributed by atoms with Crippen molar-refractivity contribution < 1.29 is 19.8 Å². The molecule has 4 nitrogen and oxygen atoms in total. The molecule has 0 aliphatic carbocycles. The van der Waals surface area contributed by atoms with Gasteiger partial charge in [0.2, 0.25) is 0 Å². The van der Waals surface area contributed by atoms with Gasteiger partial charge in [0.05, 0.1) is 0 Å². The fourth-order valence-corrected chi connectivity index (χ4v) is 9.18. The van der Waals surface area contributed by atoms with E-state index < -0.39 is 11.9 Å². The van der Waals surface area contributed by atoms with Crippen LogP contribution in [0.15, 0.2) is 0 Å². The van der Waals surface area contributed by atoms with Crippen molar-refractivity contribution in [1.29, 1.82) is 0 Å². The Morgan fingerprint density at radius 3 is 0.387 bits per heavy atom. The highest BCUT2D eigenvalue weighted by atomic mass is 16.4. The minimum absolute atomic E-state index is 0.347. The maximum atomic E-state index is 10.4. The minimum atomic E-state index is -0.649. The first-order chi connectivity index (χ1) is 30.5. The molecule has 0 rings (SSSR count). The Morgan fingerprint density at radius 1 is 0.194 bits per heavy atom. The van der Waals surface area contributed by atoms with Crippen LogP contribution in [-0.4, -0.2) is 22.2 Å². The Labute approximate surface area is 390 Å². The third kappa shape index (κ3) is 65.6. The van der Waals surface area contributed by atoms with E-state index in [1.54, 1.807) is 0 Å². The van der Waals surface area contributed by atoms with Crippen LogP contribution in [0.2, 0.25) is 0 Å². The highest BCUT2D eigenvalue weighted by molar-refractivity contribution is 5.66. The molecule has 4 heteroatoms. The summed E-state index contributed by atoms with van der Waals surface area (Å²) < 4.78 is 0. The van der Waals surface area contributed by atoms with Gasteiger partial charge in [-0.2, -0.15) is 0 Å². The molecular formula is C58H116O4. The average Bonchev–Trinajstić information content (AvgIpc) is 3.26. The van der Waals surface area contributed by atoms with Crippen molar-refractivity contribution in [2.75, 3.05) is 0 Å². The van der Waals surface area contributed by atoms with Gasteiger partial charge in [-0.1, -0.05) is 335 Å². The van der Waals surface area contributed by atoms with Gasteiger partial charge >= 0.3 is 11.9 Å². The maximum absolute atomic E-state index is 10.4. The molecule has 0 fully saturated rings. The van der Waals surface area contributed by atoms with Crippen molar-refractivity contribution in [2.45, 2.75) is 361 Å². The van der Waals surface area contributed by atoms with Gasteiger partial charge in [-0.05, 0) is 12.8 Å². The van der Waals surface area contributed by atoms with Gasteiger partial charge in [0, 0.05) is 12.8 Å². The van der Waals surface area contributed by atoms with Crippen LogP contribution in [0.5, 0.6) is 0 Å². The van der Waals surface area contributed by atoms with E-state index in [9.17, 15) is 9.59 Å². The molecule has 0 aliphatic rings. The van der Waals surface area contributed by atoms with Gasteiger partial charge in [0.25, 0.3) is 0 Å². The second-order valence-corrected chi connectivity index (χ2v) is 20.0. The van der Waals surface area contributed by atoms with Crippen LogP contribution in [0, 0.1) is 0 Å². The maximum Gasteiger partial charge on any atom is 0.303 e. The van der Waals surface area contributed by atoms with Crippen LogP contribution >= 0.6 is 0 Å². The van der Waals surface area contributed by atoms with Crippen LogP contribution in [-0.2, 0) is 9.59 Å². The van der Waals surface area contributed by atoms with E-state index in [1.807, 2.05) is 0 Å². The lowest BCUT2D eigenvalue weighted by Gasteiger charge is -2.04. The molecule has 2 N–H and O–H groups in total. The van der Waals surface area contributed by atoms with Crippen LogP contribution in [0.3, 0.4) is 0 Å². The fraction of sp³-hybridized carbons (Fsp3) is 0.966. The molecule has 0 bridgehead atoms. The Hall–Kier alpha value is -1.06. The van der Waals surface area contributed by atoms with Crippen LogP contribution in [0.4, 0.5) is 0 Å². The van der Waals surface area contributed by atoms with Gasteiger partial charge in [0.15, 0.2) is 0 Å². The van der Waals surface area contributed by atoms with Crippen LogP contribution in [0.1, 0.15) is 361 Å². The highest BCUT2D eigenvalue weighted by Crippen LogP contribution is 2.18. The molecule has 0 spiro atoms. The fourth-order valence-electron chi connectivity index (χ4n) is 9.18. The SMILES string of the molecule is CCCCCCCCCCCCCCCCCCCCCCCCCCCC(=O)O.CCCCCCCCCCCCCCCCCCCCCCCCCCCCCC(=O)O. The molecule has 0 heterocycles. The van der Waals surface area contributed by atoms with Gasteiger partial charge in [-0.3, -0.25) is 9.59 Å². The second-order valence-electron chi connectivity index (χ2n) is 20.0. The molecule has 0 unspecified atom stereocenters. The summed E-state index contributed by atoms with van der Waals surface area (Å²) in [5, 5.41) is 17.2. The Kier molecular flexibility index (Phi) is 60.9. The summed E-state index contributed by atoms with van der Waals surface area (Å²) in [5.74, 6) is -1.30. The normalized spacial score (nSPS) is 11.3. The van der Waals surface area contributed by atoms with E-state index in [0.717, 1.165) is 25.7 Å². The molecule has 0 radical (unpaired) electrons. The number of carbonyl (C=O) groups is 2. The second kappa shape index (κ2) is 59.9. The lowest BCUT2D eigenvalue weighted by atomic mass is 10.0. The summed E-state index contributed by atoms with van der Waals surface area (Å²) in [4.78, 5) is 20.9. The number of rotatable bonds is 54. The third-order valence-corrected chi connectivity index (χ3v) is 13.5. The largest absolute Gasteiger partial charge is 0.481 e. The van der Waals surface area contributed by atoms with Crippen LogP contribution in [0.25, 0.3) is 0 Å². The molecule has 0 aromatic carbocycles. The van der Waals surface area contributed by atoms with Crippen LogP contribution < -0.4 is 0 Å². The molecule has 62 heavy (non-hydrogen) atoms. The highest BCUT2D eigenvalue weighted by Gasteiger charge is 2.00. The van der Waals surface area contributed by atoms with Crippen molar-refractivity contribution in [3.8, 4) is 0 Å². The zero-order valence-electron chi connectivity index (χ0n) is 42.9. The zero-order valence-corrected chi connectivity index (χ0v) is 42.9. The molecule has 0 aromatic rings. The van der Waals surface area contributed by atoms with Gasteiger partial charge in [-0.25, -0.2) is 0 Å². The van der Waals surface area contributed by atoms with Crippen molar-refractivity contribution in [1.82, 2.24) is 0 Å². The molecule has 0 saturated carbocycles.